The summed E-state index contributed by atoms with van der Waals surface area (Å²) in [5, 5.41) is 3.65. The summed E-state index contributed by atoms with van der Waals surface area (Å²) in [5.41, 5.74) is 1.84. The van der Waals surface area contributed by atoms with Crippen LogP contribution in [0.4, 0.5) is 5.69 Å². The molecule has 20 heavy (non-hydrogen) atoms. The molecule has 0 bridgehead atoms. The molecule has 1 aliphatic heterocycles. The van der Waals surface area contributed by atoms with Crippen LogP contribution in [0.15, 0.2) is 18.2 Å². The number of likely N-dealkylation sites (tertiary alicyclic amines) is 1. The number of hydrogen-bond acceptors (Lipinski definition) is 2. The van der Waals surface area contributed by atoms with Crippen molar-refractivity contribution in [3.63, 3.8) is 0 Å². The van der Waals surface area contributed by atoms with Gasteiger partial charge in [-0.2, -0.15) is 0 Å². The third-order valence-corrected chi connectivity index (χ3v) is 4.26. The Kier molecular flexibility index (Phi) is 5.44. The van der Waals surface area contributed by atoms with E-state index in [0.717, 1.165) is 24.3 Å². The number of nitrogens with one attached hydrogen (secondary N) is 1. The number of anilines is 1. The molecule has 1 aromatic carbocycles. The van der Waals surface area contributed by atoms with Crippen molar-refractivity contribution in [1.29, 1.82) is 0 Å². The highest BCUT2D eigenvalue weighted by Gasteiger charge is 2.22. The number of carbonyl (C=O) groups is 1. The van der Waals surface area contributed by atoms with Crippen LogP contribution in [0.3, 0.4) is 0 Å². The van der Waals surface area contributed by atoms with Gasteiger partial charge in [-0.3, -0.25) is 9.69 Å². The van der Waals surface area contributed by atoms with E-state index >= 15 is 0 Å². The smallest absolute Gasteiger partial charge is 0.241 e. The van der Waals surface area contributed by atoms with Gasteiger partial charge in [-0.05, 0) is 57.5 Å². The normalized spacial score (nSPS) is 18.4. The quantitative estimate of drug-likeness (QED) is 0.918. The van der Waals surface area contributed by atoms with Gasteiger partial charge in [0.15, 0.2) is 0 Å². The monoisotopic (exact) mass is 294 g/mol. The zero-order valence-electron chi connectivity index (χ0n) is 12.3. The van der Waals surface area contributed by atoms with Gasteiger partial charge in [0.1, 0.15) is 0 Å². The number of amides is 1. The first kappa shape index (κ1) is 15.3. The molecule has 3 nitrogen and oxygen atoms in total. The predicted octanol–water partition coefficient (Wildman–Crippen LogP) is 3.85. The zero-order valence-corrected chi connectivity index (χ0v) is 13.0. The fraction of sp³-hybridized carbons (Fsp3) is 0.562. The Morgan fingerprint density at radius 1 is 1.25 bits per heavy atom. The van der Waals surface area contributed by atoms with Crippen molar-refractivity contribution in [3.8, 4) is 0 Å². The second-order valence-corrected chi connectivity index (χ2v) is 6.01. The molecule has 0 radical (unpaired) electrons. The van der Waals surface area contributed by atoms with Crippen LogP contribution in [0.5, 0.6) is 0 Å². The average Bonchev–Trinajstić information content (AvgIpc) is 2.71. The van der Waals surface area contributed by atoms with Crippen LogP contribution in [0.2, 0.25) is 5.02 Å². The summed E-state index contributed by atoms with van der Waals surface area (Å²) in [7, 11) is 0. The van der Waals surface area contributed by atoms with Gasteiger partial charge in [0.2, 0.25) is 5.91 Å². The Bertz CT molecular complexity index is 468. The molecule has 0 spiro atoms. The number of nitrogens with zero attached hydrogens (tertiary/aromatic N) is 1. The number of hydrogen-bond donors (Lipinski definition) is 1. The Morgan fingerprint density at radius 2 is 1.90 bits per heavy atom. The van der Waals surface area contributed by atoms with Gasteiger partial charge in [0, 0.05) is 10.7 Å². The third-order valence-electron chi connectivity index (χ3n) is 4.03. The summed E-state index contributed by atoms with van der Waals surface area (Å²) >= 11 is 5.99. The summed E-state index contributed by atoms with van der Waals surface area (Å²) in [4.78, 5) is 14.7. The summed E-state index contributed by atoms with van der Waals surface area (Å²) in [6.07, 6.45) is 4.93. The minimum atomic E-state index is -0.0912. The maximum Gasteiger partial charge on any atom is 0.241 e. The summed E-state index contributed by atoms with van der Waals surface area (Å²) in [5.74, 6) is 0.0530. The van der Waals surface area contributed by atoms with E-state index in [4.69, 9.17) is 11.6 Å². The highest BCUT2D eigenvalue weighted by molar-refractivity contribution is 6.31. The second kappa shape index (κ2) is 7.09. The lowest BCUT2D eigenvalue weighted by Crippen LogP contribution is -2.42. The van der Waals surface area contributed by atoms with Crippen molar-refractivity contribution in [1.82, 2.24) is 4.90 Å². The zero-order chi connectivity index (χ0) is 14.5. The molecule has 0 aromatic heterocycles. The van der Waals surface area contributed by atoms with Crippen LogP contribution in [0.25, 0.3) is 0 Å². The van der Waals surface area contributed by atoms with Crippen LogP contribution in [-0.4, -0.2) is 29.9 Å². The maximum absolute atomic E-state index is 12.4. The Balaban J connectivity index is 2.01. The summed E-state index contributed by atoms with van der Waals surface area (Å²) in [6.45, 7) is 6.00. The molecule has 1 heterocycles. The number of benzene rings is 1. The summed E-state index contributed by atoms with van der Waals surface area (Å²) < 4.78 is 0. The SMILES string of the molecule is Cc1ccc(Cl)cc1NC(=O)[C@@H](C)N1CCCCCC1. The molecule has 0 aliphatic carbocycles. The predicted molar refractivity (Wildman–Crippen MR) is 84.3 cm³/mol. The molecule has 1 amide bonds. The Labute approximate surface area is 126 Å². The molecular weight excluding hydrogens is 272 g/mol. The number of aryl methyl sites for hydroxylation is 1. The lowest BCUT2D eigenvalue weighted by Gasteiger charge is -2.26. The Hall–Kier alpha value is -1.06. The topological polar surface area (TPSA) is 32.3 Å². The van der Waals surface area contributed by atoms with Gasteiger partial charge in [-0.15, -0.1) is 0 Å². The van der Waals surface area contributed by atoms with Gasteiger partial charge in [-0.25, -0.2) is 0 Å². The largest absolute Gasteiger partial charge is 0.324 e. The van der Waals surface area contributed by atoms with E-state index in [2.05, 4.69) is 10.2 Å². The molecule has 1 aliphatic rings. The highest BCUT2D eigenvalue weighted by Crippen LogP contribution is 2.21. The van der Waals surface area contributed by atoms with E-state index in [0.29, 0.717) is 5.02 Å². The standard InChI is InChI=1S/C16H23ClN2O/c1-12-7-8-14(17)11-15(12)18-16(20)13(2)19-9-5-3-4-6-10-19/h7-8,11,13H,3-6,9-10H2,1-2H3,(H,18,20)/t13-/m1/s1. The van der Waals surface area contributed by atoms with Crippen LogP contribution >= 0.6 is 11.6 Å². The third kappa shape index (κ3) is 3.97. The van der Waals surface area contributed by atoms with Crippen LogP contribution in [0.1, 0.15) is 38.2 Å². The molecule has 1 atom stereocenters. The van der Waals surface area contributed by atoms with Crippen molar-refractivity contribution < 1.29 is 4.79 Å². The fourth-order valence-corrected chi connectivity index (χ4v) is 2.79. The minimum absolute atomic E-state index is 0.0530. The highest BCUT2D eigenvalue weighted by atomic mass is 35.5. The van der Waals surface area contributed by atoms with E-state index < -0.39 is 0 Å². The molecule has 1 fully saturated rings. The first-order valence-corrected chi connectivity index (χ1v) is 7.77. The van der Waals surface area contributed by atoms with E-state index in [1.807, 2.05) is 32.0 Å². The first-order chi connectivity index (χ1) is 9.58. The number of rotatable bonds is 3. The molecule has 2 rings (SSSR count). The molecule has 0 saturated carbocycles. The lowest BCUT2D eigenvalue weighted by atomic mass is 10.2. The van der Waals surface area contributed by atoms with Crippen LogP contribution in [0, 0.1) is 6.92 Å². The van der Waals surface area contributed by atoms with Gasteiger partial charge >= 0.3 is 0 Å². The van der Waals surface area contributed by atoms with Gasteiger partial charge in [0.25, 0.3) is 0 Å². The molecule has 1 aromatic rings. The maximum atomic E-state index is 12.4. The van der Waals surface area contributed by atoms with E-state index in [1.54, 1.807) is 0 Å². The Morgan fingerprint density at radius 3 is 2.55 bits per heavy atom. The number of halogens is 1. The van der Waals surface area contributed by atoms with Crippen molar-refractivity contribution >= 4 is 23.2 Å². The average molecular weight is 295 g/mol. The van der Waals surface area contributed by atoms with E-state index in [9.17, 15) is 4.79 Å². The van der Waals surface area contributed by atoms with Crippen LogP contribution < -0.4 is 5.32 Å². The van der Waals surface area contributed by atoms with E-state index in [1.165, 1.54) is 25.7 Å². The van der Waals surface area contributed by atoms with Gasteiger partial charge in [0.05, 0.1) is 6.04 Å². The van der Waals surface area contributed by atoms with Crippen molar-refractivity contribution in [2.75, 3.05) is 18.4 Å². The molecule has 1 N–H and O–H groups in total. The van der Waals surface area contributed by atoms with E-state index in [-0.39, 0.29) is 11.9 Å². The molecule has 0 unspecified atom stereocenters. The lowest BCUT2D eigenvalue weighted by molar-refractivity contribution is -0.120. The minimum Gasteiger partial charge on any atom is -0.324 e. The van der Waals surface area contributed by atoms with Gasteiger partial charge < -0.3 is 5.32 Å². The number of carbonyl (C=O) groups excluding carboxylic acids is 1. The van der Waals surface area contributed by atoms with Crippen molar-refractivity contribution in [2.24, 2.45) is 0 Å². The van der Waals surface area contributed by atoms with Crippen molar-refractivity contribution in [2.45, 2.75) is 45.6 Å². The molecule has 110 valence electrons. The second-order valence-electron chi connectivity index (χ2n) is 5.57. The fourth-order valence-electron chi connectivity index (χ4n) is 2.61. The molecular formula is C16H23ClN2O. The van der Waals surface area contributed by atoms with Gasteiger partial charge in [-0.1, -0.05) is 30.5 Å². The summed E-state index contributed by atoms with van der Waals surface area (Å²) in [6, 6.07) is 5.48. The first-order valence-electron chi connectivity index (χ1n) is 7.39. The van der Waals surface area contributed by atoms with Crippen molar-refractivity contribution in [3.05, 3.63) is 28.8 Å². The molecule has 4 heteroatoms. The molecule has 1 saturated heterocycles. The van der Waals surface area contributed by atoms with Crippen LogP contribution in [-0.2, 0) is 4.79 Å².